The molecule has 17 heteroatoms. The number of rotatable bonds is 54. The smallest absolute Gasteiger partial charge is 0.343 e. The Kier molecular flexibility index (Phi) is 41.0. The highest BCUT2D eigenvalue weighted by Gasteiger charge is 2.21. The van der Waals surface area contributed by atoms with E-state index in [1.165, 1.54) is 43.2 Å². The first kappa shape index (κ1) is 76.2. The summed E-state index contributed by atoms with van der Waals surface area (Å²) in [6, 6.07) is 24.4. The van der Waals surface area contributed by atoms with E-state index in [0.29, 0.717) is 75.5 Å². The second kappa shape index (κ2) is 49.5. The number of carbonyl (C=O) groups is 7. The number of carbonyl (C=O) groups excluding carboxylic acids is 7. The maximum atomic E-state index is 13.7. The van der Waals surface area contributed by atoms with Crippen LogP contribution in [0, 0.1) is 0 Å². The third kappa shape index (κ3) is 35.4. The highest BCUT2D eigenvalue weighted by molar-refractivity contribution is 5.97. The zero-order valence-corrected chi connectivity index (χ0v) is 54.3. The fourth-order valence-electron chi connectivity index (χ4n) is 9.67. The molecule has 0 aliphatic carbocycles. The SMILES string of the molecule is C=CC(=O)OCCCCCCCCCCCOc1ccc(C(=O)Oc2ccc(OC(=O)c3ccc(OCCCCCCCCCCCOC(=O)C=C)cc3)c(C(=O)OCCCCCCCCCCOC(=O)c3ccc(OCCCCCCOC(=O)C=C)cc3)c2)cc1. The first-order chi connectivity index (χ1) is 45.0. The van der Waals surface area contributed by atoms with Crippen LogP contribution in [0.3, 0.4) is 0 Å². The molecule has 0 aliphatic heterocycles. The number of hydrogen-bond donors (Lipinski definition) is 0. The van der Waals surface area contributed by atoms with Crippen LogP contribution in [0.15, 0.2) is 129 Å². The van der Waals surface area contributed by atoms with Gasteiger partial charge in [0.05, 0.1) is 69.5 Å². The van der Waals surface area contributed by atoms with E-state index in [1.807, 2.05) is 0 Å². The zero-order valence-electron chi connectivity index (χ0n) is 54.3. The quantitative estimate of drug-likeness (QED) is 0.0132. The lowest BCUT2D eigenvalue weighted by molar-refractivity contribution is -0.138. The Labute approximate surface area is 545 Å². The Balaban J connectivity index is 1.17. The van der Waals surface area contributed by atoms with Gasteiger partial charge >= 0.3 is 41.8 Å². The Morgan fingerprint density at radius 3 is 0.826 bits per heavy atom. The number of unbranched alkanes of at least 4 members (excludes halogenated alkanes) is 26. The van der Waals surface area contributed by atoms with Gasteiger partial charge in [-0.15, -0.1) is 0 Å². The Hall–Kier alpha value is -8.21. The van der Waals surface area contributed by atoms with Crippen LogP contribution in [0.2, 0.25) is 0 Å². The lowest BCUT2D eigenvalue weighted by atomic mass is 10.1. The van der Waals surface area contributed by atoms with Crippen molar-refractivity contribution in [3.63, 3.8) is 0 Å². The molecule has 0 aliphatic rings. The van der Waals surface area contributed by atoms with Crippen LogP contribution in [-0.2, 0) is 38.1 Å². The molecule has 0 heterocycles. The molecule has 0 aromatic heterocycles. The fraction of sp³-hybridized carbons (Fsp3) is 0.507. The third-order valence-electron chi connectivity index (χ3n) is 15.0. The predicted octanol–water partition coefficient (Wildman–Crippen LogP) is 17.2. The topological polar surface area (TPSA) is 212 Å². The number of esters is 7. The molecule has 0 radical (unpaired) electrons. The summed E-state index contributed by atoms with van der Waals surface area (Å²) in [4.78, 5) is 86.6. The average Bonchev–Trinajstić information content (AvgIpc) is 0.942. The van der Waals surface area contributed by atoms with Crippen LogP contribution >= 0.6 is 0 Å². The molecule has 4 rings (SSSR count). The summed E-state index contributed by atoms with van der Waals surface area (Å²) in [5.74, 6) is -1.66. The van der Waals surface area contributed by atoms with Crippen molar-refractivity contribution in [2.24, 2.45) is 0 Å². The van der Waals surface area contributed by atoms with Gasteiger partial charge in [0.1, 0.15) is 34.3 Å². The number of benzene rings is 4. The Bertz CT molecular complexity index is 2770. The van der Waals surface area contributed by atoms with Crippen LogP contribution in [0.4, 0.5) is 0 Å². The van der Waals surface area contributed by atoms with Crippen LogP contribution in [-0.4, -0.2) is 94.6 Å². The lowest BCUT2D eigenvalue weighted by Gasteiger charge is -2.13. The average molecular weight is 1270 g/mol. The van der Waals surface area contributed by atoms with Gasteiger partial charge in [-0.2, -0.15) is 0 Å². The van der Waals surface area contributed by atoms with Gasteiger partial charge in [0.15, 0.2) is 0 Å². The van der Waals surface area contributed by atoms with E-state index in [1.54, 1.807) is 72.8 Å². The van der Waals surface area contributed by atoms with Gasteiger partial charge in [0.25, 0.3) is 0 Å². The van der Waals surface area contributed by atoms with Crippen LogP contribution < -0.4 is 23.7 Å². The van der Waals surface area contributed by atoms with Gasteiger partial charge in [-0.1, -0.05) is 148 Å². The molecule has 92 heavy (non-hydrogen) atoms. The monoisotopic (exact) mass is 1270 g/mol. The van der Waals surface area contributed by atoms with Crippen LogP contribution in [0.5, 0.6) is 28.7 Å². The molecule has 0 saturated heterocycles. The van der Waals surface area contributed by atoms with Crippen molar-refractivity contribution >= 4 is 41.8 Å². The molecule has 0 N–H and O–H groups in total. The Morgan fingerprint density at radius 1 is 0.261 bits per heavy atom. The second-order valence-corrected chi connectivity index (χ2v) is 22.5. The summed E-state index contributed by atoms with van der Waals surface area (Å²) >= 11 is 0. The van der Waals surface area contributed by atoms with Gasteiger partial charge in [-0.05, 0) is 155 Å². The van der Waals surface area contributed by atoms with Gasteiger partial charge in [0, 0.05) is 18.2 Å². The van der Waals surface area contributed by atoms with Crippen molar-refractivity contribution in [2.75, 3.05) is 52.9 Å². The van der Waals surface area contributed by atoms with E-state index in [4.69, 9.17) is 47.4 Å². The second-order valence-electron chi connectivity index (χ2n) is 22.5. The molecule has 17 nitrogen and oxygen atoms in total. The summed E-state index contributed by atoms with van der Waals surface area (Å²) in [6.07, 6.45) is 33.3. The summed E-state index contributed by atoms with van der Waals surface area (Å²) in [5, 5.41) is 0. The van der Waals surface area contributed by atoms with E-state index < -0.39 is 23.9 Å². The molecule has 0 bridgehead atoms. The summed E-state index contributed by atoms with van der Waals surface area (Å²) in [6.45, 7) is 13.6. The largest absolute Gasteiger partial charge is 0.494 e. The van der Waals surface area contributed by atoms with Gasteiger partial charge < -0.3 is 47.4 Å². The van der Waals surface area contributed by atoms with E-state index in [-0.39, 0.29) is 52.7 Å². The number of hydrogen-bond acceptors (Lipinski definition) is 17. The zero-order chi connectivity index (χ0) is 65.9. The molecule has 4 aromatic carbocycles. The number of ether oxygens (including phenoxy) is 10. The van der Waals surface area contributed by atoms with Gasteiger partial charge in [-0.3, -0.25) is 0 Å². The van der Waals surface area contributed by atoms with Crippen molar-refractivity contribution < 1.29 is 80.9 Å². The molecular weight excluding hydrogens is 1170 g/mol. The van der Waals surface area contributed by atoms with E-state index in [9.17, 15) is 33.6 Å². The summed E-state index contributed by atoms with van der Waals surface area (Å²) in [7, 11) is 0. The van der Waals surface area contributed by atoms with Crippen molar-refractivity contribution in [1.82, 2.24) is 0 Å². The molecule has 4 aromatic rings. The molecule has 0 spiro atoms. The minimum Gasteiger partial charge on any atom is -0.494 e. The van der Waals surface area contributed by atoms with Gasteiger partial charge in [0.2, 0.25) is 0 Å². The van der Waals surface area contributed by atoms with Gasteiger partial charge in [-0.25, -0.2) is 33.6 Å². The molecule has 0 unspecified atom stereocenters. The molecule has 0 saturated carbocycles. The highest BCUT2D eigenvalue weighted by Crippen LogP contribution is 2.28. The van der Waals surface area contributed by atoms with Crippen molar-refractivity contribution in [1.29, 1.82) is 0 Å². The predicted molar refractivity (Wildman–Crippen MR) is 355 cm³/mol. The first-order valence-corrected chi connectivity index (χ1v) is 33.5. The van der Waals surface area contributed by atoms with Crippen LogP contribution in [0.1, 0.15) is 234 Å². The maximum absolute atomic E-state index is 13.7. The molecular formula is C75H100O17. The molecule has 502 valence electrons. The normalized spacial score (nSPS) is 10.7. The highest BCUT2D eigenvalue weighted by atomic mass is 16.6. The molecule has 0 atom stereocenters. The molecule has 0 fully saturated rings. The van der Waals surface area contributed by atoms with Crippen molar-refractivity contribution in [2.45, 2.75) is 193 Å². The summed E-state index contributed by atoms with van der Waals surface area (Å²) in [5.41, 5.74) is 0.916. The van der Waals surface area contributed by atoms with Crippen molar-refractivity contribution in [3.05, 3.63) is 151 Å². The molecule has 0 amide bonds. The van der Waals surface area contributed by atoms with E-state index in [2.05, 4.69) is 19.7 Å². The Morgan fingerprint density at radius 2 is 0.511 bits per heavy atom. The summed E-state index contributed by atoms with van der Waals surface area (Å²) < 4.78 is 55.4. The lowest BCUT2D eigenvalue weighted by Crippen LogP contribution is -2.14. The maximum Gasteiger partial charge on any atom is 0.343 e. The first-order valence-electron chi connectivity index (χ1n) is 33.5. The fourth-order valence-corrected chi connectivity index (χ4v) is 9.67. The van der Waals surface area contributed by atoms with Crippen molar-refractivity contribution in [3.8, 4) is 28.7 Å². The van der Waals surface area contributed by atoms with E-state index in [0.717, 1.165) is 179 Å². The van der Waals surface area contributed by atoms with E-state index >= 15 is 0 Å². The van der Waals surface area contributed by atoms with Crippen LogP contribution in [0.25, 0.3) is 0 Å². The standard InChI is InChI=1S/C75H100O17/c1-4-69(76)86-54-32-23-17-11-7-9-15-21-29-51-83-64-45-39-61(40-46-64)73(80)91-66-49-50-68(92-74(81)62-41-47-65(48-42-62)84-52-30-22-16-10-8-12-18-24-33-55-87-70(77)5-2)67(59-66)75(82)90-58-36-26-20-14-13-19-25-35-57-89-72(79)60-37-43-63(44-38-60)85-53-31-27-28-34-56-88-71(78)6-3/h4-6,37-50,59H,1-3,7-36,51-58H2. The minimum absolute atomic E-state index is 0.0529. The minimum atomic E-state index is -0.734. The third-order valence-corrected chi connectivity index (χ3v) is 15.0.